The second-order valence-electron chi connectivity index (χ2n) is 7.98. The van der Waals surface area contributed by atoms with Crippen molar-refractivity contribution in [2.45, 2.75) is 50.7 Å². The summed E-state index contributed by atoms with van der Waals surface area (Å²) in [5.41, 5.74) is -0.0959. The Morgan fingerprint density at radius 1 is 1.30 bits per heavy atom. The van der Waals surface area contributed by atoms with Crippen molar-refractivity contribution < 1.29 is 18.0 Å². The lowest BCUT2D eigenvalue weighted by Crippen LogP contribution is -2.29. The minimum Gasteiger partial charge on any atom is -0.381 e. The number of nitriles is 1. The Morgan fingerprint density at radius 2 is 2.07 bits per heavy atom. The molecule has 0 radical (unpaired) electrons. The number of halogens is 3. The Bertz CT molecular complexity index is 1050. The number of nitrogens with one attached hydrogen (secondary N) is 2. The number of fused-ring (bicyclic) bond motifs is 1. The van der Waals surface area contributed by atoms with Gasteiger partial charge in [-0.2, -0.15) is 18.4 Å². The molecule has 0 unspecified atom stereocenters. The Hall–Kier alpha value is -3.08. The SMILES string of the molecule is N#CC1(C(=O)NC=C2CCC[C@H](Nc3cc(C(F)(F)F)nc4ccccc34)C2)CC1. The average Bonchev–Trinajstić information content (AvgIpc) is 3.53. The average molecular weight is 414 g/mol. The molecule has 1 amide bonds. The molecule has 2 fully saturated rings. The Labute approximate surface area is 172 Å². The molecule has 0 aliphatic heterocycles. The predicted octanol–water partition coefficient (Wildman–Crippen LogP) is 4.91. The lowest BCUT2D eigenvalue weighted by atomic mass is 9.90. The summed E-state index contributed by atoms with van der Waals surface area (Å²) in [7, 11) is 0. The molecule has 0 spiro atoms. The number of amides is 1. The standard InChI is InChI=1S/C22H21F3N4O/c23-22(24,25)19-11-18(16-6-1-2-7-17(16)29-19)28-15-5-3-4-14(10-15)12-27-20(30)21(13-26)8-9-21/h1-2,6-7,11-12,15H,3-5,8-10H2,(H,27,30)(H,28,29)/t15-/m0/s1. The minimum absolute atomic E-state index is 0.0559. The van der Waals surface area contributed by atoms with Crippen molar-refractivity contribution in [1.82, 2.24) is 10.3 Å². The molecule has 4 rings (SSSR count). The fourth-order valence-electron chi connectivity index (χ4n) is 3.83. The van der Waals surface area contributed by atoms with Crippen LogP contribution in [0.4, 0.5) is 18.9 Å². The van der Waals surface area contributed by atoms with Crippen LogP contribution < -0.4 is 10.6 Å². The van der Waals surface area contributed by atoms with Crippen LogP contribution >= 0.6 is 0 Å². The van der Waals surface area contributed by atoms with Gasteiger partial charge in [0.05, 0.1) is 11.6 Å². The zero-order valence-electron chi connectivity index (χ0n) is 16.2. The monoisotopic (exact) mass is 414 g/mol. The molecule has 1 aromatic heterocycles. The summed E-state index contributed by atoms with van der Waals surface area (Å²) < 4.78 is 39.8. The van der Waals surface area contributed by atoms with Gasteiger partial charge < -0.3 is 10.6 Å². The van der Waals surface area contributed by atoms with Gasteiger partial charge in [0.15, 0.2) is 0 Å². The topological polar surface area (TPSA) is 77.8 Å². The van der Waals surface area contributed by atoms with Crippen LogP contribution in [0, 0.1) is 16.7 Å². The highest BCUT2D eigenvalue weighted by atomic mass is 19.4. The third kappa shape index (κ3) is 4.11. The van der Waals surface area contributed by atoms with Crippen LogP contribution in [0.1, 0.15) is 44.2 Å². The molecule has 0 bridgehead atoms. The van der Waals surface area contributed by atoms with E-state index in [1.165, 1.54) is 0 Å². The number of pyridine rings is 1. The molecule has 2 aliphatic carbocycles. The Balaban J connectivity index is 1.51. The van der Waals surface area contributed by atoms with Gasteiger partial charge in [0.2, 0.25) is 5.91 Å². The molecule has 156 valence electrons. The van der Waals surface area contributed by atoms with Crippen molar-refractivity contribution in [1.29, 1.82) is 5.26 Å². The second-order valence-corrected chi connectivity index (χ2v) is 7.98. The quantitative estimate of drug-likeness (QED) is 0.745. The van der Waals surface area contributed by atoms with Crippen LogP contribution in [0.3, 0.4) is 0 Å². The molecule has 0 saturated heterocycles. The third-order valence-electron chi connectivity index (χ3n) is 5.73. The van der Waals surface area contributed by atoms with Gasteiger partial charge in [0.25, 0.3) is 0 Å². The Kier molecular flexibility index (Phi) is 5.14. The van der Waals surface area contributed by atoms with Crippen molar-refractivity contribution in [3.8, 4) is 6.07 Å². The van der Waals surface area contributed by atoms with Crippen LogP contribution in [0.25, 0.3) is 10.9 Å². The van der Waals surface area contributed by atoms with Crippen molar-refractivity contribution in [3.05, 3.63) is 47.8 Å². The highest BCUT2D eigenvalue weighted by Crippen LogP contribution is 2.45. The number of carbonyl (C=O) groups excluding carboxylic acids is 1. The number of aromatic nitrogens is 1. The van der Waals surface area contributed by atoms with Crippen molar-refractivity contribution in [3.63, 3.8) is 0 Å². The molecule has 1 heterocycles. The lowest BCUT2D eigenvalue weighted by Gasteiger charge is -2.27. The maximum atomic E-state index is 13.3. The van der Waals surface area contributed by atoms with E-state index in [1.807, 2.05) is 0 Å². The normalized spacial score (nSPS) is 21.8. The number of para-hydroxylation sites is 1. The van der Waals surface area contributed by atoms with Crippen LogP contribution in [0.5, 0.6) is 0 Å². The summed E-state index contributed by atoms with van der Waals surface area (Å²) in [5, 5.41) is 15.7. The van der Waals surface area contributed by atoms with E-state index >= 15 is 0 Å². The molecule has 1 atom stereocenters. The number of rotatable bonds is 4. The summed E-state index contributed by atoms with van der Waals surface area (Å²) in [4.78, 5) is 15.9. The summed E-state index contributed by atoms with van der Waals surface area (Å²) in [6.07, 6.45) is 1.39. The molecule has 2 saturated carbocycles. The van der Waals surface area contributed by atoms with Gasteiger partial charge in [-0.15, -0.1) is 0 Å². The maximum absolute atomic E-state index is 13.3. The van der Waals surface area contributed by atoms with Crippen LogP contribution in [0.2, 0.25) is 0 Å². The van der Waals surface area contributed by atoms with Gasteiger partial charge in [-0.3, -0.25) is 4.79 Å². The first kappa shape index (κ1) is 20.2. The van der Waals surface area contributed by atoms with E-state index in [2.05, 4.69) is 21.7 Å². The van der Waals surface area contributed by atoms with Gasteiger partial charge in [-0.05, 0) is 50.7 Å². The number of benzene rings is 1. The number of nitrogens with zero attached hydrogens (tertiary/aromatic N) is 2. The largest absolute Gasteiger partial charge is 0.433 e. The van der Waals surface area contributed by atoms with Gasteiger partial charge >= 0.3 is 6.18 Å². The van der Waals surface area contributed by atoms with E-state index in [0.29, 0.717) is 35.9 Å². The first-order valence-electron chi connectivity index (χ1n) is 9.94. The molecule has 8 heteroatoms. The summed E-state index contributed by atoms with van der Waals surface area (Å²) in [6.45, 7) is 0. The Morgan fingerprint density at radius 3 is 2.77 bits per heavy atom. The molecule has 2 aliphatic rings. The molecule has 30 heavy (non-hydrogen) atoms. The number of alkyl halides is 3. The summed E-state index contributed by atoms with van der Waals surface area (Å²) in [5.74, 6) is -0.275. The highest BCUT2D eigenvalue weighted by molar-refractivity contribution is 5.91. The first-order valence-corrected chi connectivity index (χ1v) is 9.94. The second kappa shape index (κ2) is 7.63. The fourth-order valence-corrected chi connectivity index (χ4v) is 3.83. The van der Waals surface area contributed by atoms with E-state index in [9.17, 15) is 18.0 Å². The van der Waals surface area contributed by atoms with E-state index in [1.54, 1.807) is 30.5 Å². The smallest absolute Gasteiger partial charge is 0.381 e. The molecule has 1 aromatic carbocycles. The molecular formula is C22H21F3N4O. The minimum atomic E-state index is -4.53. The zero-order valence-corrected chi connectivity index (χ0v) is 16.2. The van der Waals surface area contributed by atoms with E-state index < -0.39 is 17.3 Å². The van der Waals surface area contributed by atoms with E-state index in [-0.39, 0.29) is 11.9 Å². The molecular weight excluding hydrogens is 393 g/mol. The molecule has 2 N–H and O–H groups in total. The zero-order chi connectivity index (χ0) is 21.4. The van der Waals surface area contributed by atoms with Crippen molar-refractivity contribution >= 4 is 22.5 Å². The summed E-state index contributed by atoms with van der Waals surface area (Å²) in [6, 6.07) is 9.83. The van der Waals surface area contributed by atoms with Crippen molar-refractivity contribution in [2.75, 3.05) is 5.32 Å². The van der Waals surface area contributed by atoms with E-state index in [4.69, 9.17) is 5.26 Å². The van der Waals surface area contributed by atoms with E-state index in [0.717, 1.165) is 30.9 Å². The molecule has 5 nitrogen and oxygen atoms in total. The number of hydrogen-bond acceptors (Lipinski definition) is 4. The van der Waals surface area contributed by atoms with Crippen LogP contribution in [-0.4, -0.2) is 16.9 Å². The van der Waals surface area contributed by atoms with Gasteiger partial charge in [-0.1, -0.05) is 23.8 Å². The van der Waals surface area contributed by atoms with Crippen molar-refractivity contribution in [2.24, 2.45) is 5.41 Å². The van der Waals surface area contributed by atoms with Gasteiger partial charge in [0, 0.05) is 23.3 Å². The predicted molar refractivity (Wildman–Crippen MR) is 106 cm³/mol. The molecule has 2 aromatic rings. The first-order chi connectivity index (χ1) is 14.3. The highest BCUT2D eigenvalue weighted by Gasteiger charge is 2.50. The van der Waals surface area contributed by atoms with Gasteiger partial charge in [-0.25, -0.2) is 4.98 Å². The fraction of sp³-hybridized carbons (Fsp3) is 0.409. The van der Waals surface area contributed by atoms with Crippen LogP contribution in [0.15, 0.2) is 42.1 Å². The third-order valence-corrected chi connectivity index (χ3v) is 5.73. The summed E-state index contributed by atoms with van der Waals surface area (Å²) >= 11 is 0. The number of anilines is 1. The number of carbonyl (C=O) groups is 1. The van der Waals surface area contributed by atoms with Crippen LogP contribution in [-0.2, 0) is 11.0 Å². The maximum Gasteiger partial charge on any atom is 0.433 e. The van der Waals surface area contributed by atoms with Gasteiger partial charge in [0.1, 0.15) is 11.1 Å². The lowest BCUT2D eigenvalue weighted by molar-refractivity contribution is -0.140. The number of hydrogen-bond donors (Lipinski definition) is 2.